The molecule has 0 bridgehead atoms. The van der Waals surface area contributed by atoms with Gasteiger partial charge in [-0.15, -0.1) is 0 Å². The predicted molar refractivity (Wildman–Crippen MR) is 107 cm³/mol. The summed E-state index contributed by atoms with van der Waals surface area (Å²) in [4.78, 5) is 33.1. The third-order valence-corrected chi connectivity index (χ3v) is 5.59. The monoisotopic (exact) mass is 416 g/mol. The average molecular weight is 416 g/mol. The van der Waals surface area contributed by atoms with Gasteiger partial charge in [0.05, 0.1) is 18.8 Å². The largest absolute Gasteiger partial charge is 0.328 e. The van der Waals surface area contributed by atoms with Crippen molar-refractivity contribution in [1.29, 1.82) is 0 Å². The molecular weight excluding hydrogens is 391 g/mol. The molecule has 1 aromatic heterocycles. The van der Waals surface area contributed by atoms with E-state index in [4.69, 9.17) is 10.6 Å². The maximum atomic E-state index is 13.5. The lowest BCUT2D eigenvalue weighted by molar-refractivity contribution is -0.144. The second kappa shape index (κ2) is 7.69. The fraction of sp³-hybridized carbons (Fsp3) is 0.450. The lowest BCUT2D eigenvalue weighted by Gasteiger charge is -2.33. The van der Waals surface area contributed by atoms with Gasteiger partial charge >= 0.3 is 6.03 Å². The Labute approximate surface area is 173 Å². The van der Waals surface area contributed by atoms with E-state index >= 15 is 0 Å². The van der Waals surface area contributed by atoms with E-state index in [-0.39, 0.29) is 43.0 Å². The summed E-state index contributed by atoms with van der Waals surface area (Å²) < 4.78 is 15.2. The zero-order valence-electron chi connectivity index (χ0n) is 17.2. The number of benzene rings is 1. The standard InChI is InChI=1S/C20H25FN6O3/c1-11-6-13(4-5-16(11)21)23-20(29)26-10-15-17(7-12(26)2)24-27-9-14(8-22)30-25(3)19(28)18(15)27/h4-6,12,14H,7-10,22H2,1-3H3,(H,23,29)/t12-,14-/m1/s1. The first kappa shape index (κ1) is 20.3. The number of amides is 3. The molecule has 0 saturated carbocycles. The molecule has 0 spiro atoms. The van der Waals surface area contributed by atoms with Crippen LogP contribution in [0.5, 0.6) is 0 Å². The number of halogens is 1. The van der Waals surface area contributed by atoms with E-state index in [0.29, 0.717) is 29.9 Å². The molecule has 3 heterocycles. The van der Waals surface area contributed by atoms with Crippen molar-refractivity contribution in [2.75, 3.05) is 18.9 Å². The number of aromatic nitrogens is 2. The van der Waals surface area contributed by atoms with Crippen LogP contribution in [0.4, 0.5) is 14.9 Å². The van der Waals surface area contributed by atoms with Gasteiger partial charge in [-0.1, -0.05) is 0 Å². The van der Waals surface area contributed by atoms with Gasteiger partial charge in [-0.25, -0.2) is 14.2 Å². The Balaban J connectivity index is 1.61. The van der Waals surface area contributed by atoms with Gasteiger partial charge < -0.3 is 16.0 Å². The number of hydroxylamine groups is 2. The number of anilines is 1. The molecule has 0 saturated heterocycles. The molecule has 2 aromatic rings. The Morgan fingerprint density at radius 2 is 2.20 bits per heavy atom. The number of rotatable bonds is 2. The van der Waals surface area contributed by atoms with E-state index in [1.165, 1.54) is 17.2 Å². The SMILES string of the molecule is Cc1cc(NC(=O)N2Cc3c(nn4c3C(=O)N(C)O[C@H](CN)C4)C[C@H]2C)ccc1F. The normalized spacial score (nSPS) is 21.2. The molecule has 10 heteroatoms. The van der Waals surface area contributed by atoms with E-state index in [9.17, 15) is 14.0 Å². The van der Waals surface area contributed by atoms with Crippen LogP contribution in [0.1, 0.15) is 34.2 Å². The third-order valence-electron chi connectivity index (χ3n) is 5.59. The van der Waals surface area contributed by atoms with E-state index < -0.39 is 0 Å². The summed E-state index contributed by atoms with van der Waals surface area (Å²) in [5.74, 6) is -0.643. The molecule has 2 aliphatic heterocycles. The van der Waals surface area contributed by atoms with Crippen molar-refractivity contribution in [2.24, 2.45) is 5.73 Å². The zero-order chi connectivity index (χ0) is 21.6. The maximum absolute atomic E-state index is 13.5. The number of nitrogens with one attached hydrogen (secondary N) is 1. The first-order chi connectivity index (χ1) is 14.3. The van der Waals surface area contributed by atoms with Crippen LogP contribution in [-0.2, 0) is 24.3 Å². The van der Waals surface area contributed by atoms with Crippen molar-refractivity contribution >= 4 is 17.6 Å². The number of nitrogens with zero attached hydrogens (tertiary/aromatic N) is 4. The Morgan fingerprint density at radius 1 is 1.43 bits per heavy atom. The van der Waals surface area contributed by atoms with E-state index in [1.807, 2.05) is 6.92 Å². The Hall–Kier alpha value is -2.98. The van der Waals surface area contributed by atoms with Crippen molar-refractivity contribution in [3.8, 4) is 0 Å². The molecule has 30 heavy (non-hydrogen) atoms. The molecule has 9 nitrogen and oxygen atoms in total. The Bertz CT molecular complexity index is 1010. The van der Waals surface area contributed by atoms with Gasteiger partial charge in [0, 0.05) is 37.3 Å². The quantitative estimate of drug-likeness (QED) is 0.775. The number of aryl methyl sites for hydroxylation is 1. The highest BCUT2D eigenvalue weighted by Crippen LogP contribution is 2.29. The van der Waals surface area contributed by atoms with Crippen LogP contribution >= 0.6 is 0 Å². The van der Waals surface area contributed by atoms with Gasteiger partial charge in [0.25, 0.3) is 5.91 Å². The van der Waals surface area contributed by atoms with Crippen molar-refractivity contribution in [2.45, 2.75) is 45.5 Å². The molecular formula is C20H25FN6O3. The first-order valence-corrected chi connectivity index (χ1v) is 9.85. The summed E-state index contributed by atoms with van der Waals surface area (Å²) in [5.41, 5.74) is 8.66. The number of nitrogens with two attached hydrogens (primary N) is 1. The molecule has 3 N–H and O–H groups in total. The van der Waals surface area contributed by atoms with Gasteiger partial charge in [-0.2, -0.15) is 5.10 Å². The van der Waals surface area contributed by atoms with Crippen molar-refractivity contribution in [1.82, 2.24) is 19.7 Å². The minimum absolute atomic E-state index is 0.118. The van der Waals surface area contributed by atoms with Crippen LogP contribution in [0.3, 0.4) is 0 Å². The van der Waals surface area contributed by atoms with Crippen LogP contribution in [0, 0.1) is 12.7 Å². The molecule has 0 unspecified atom stereocenters. The summed E-state index contributed by atoms with van der Waals surface area (Å²) >= 11 is 0. The van der Waals surface area contributed by atoms with E-state index in [0.717, 1.165) is 11.3 Å². The Morgan fingerprint density at radius 3 is 2.90 bits per heavy atom. The van der Waals surface area contributed by atoms with Gasteiger partial charge in [0.2, 0.25) is 0 Å². The van der Waals surface area contributed by atoms with Crippen molar-refractivity contribution in [3.05, 3.63) is 46.5 Å². The maximum Gasteiger partial charge on any atom is 0.322 e. The molecule has 160 valence electrons. The zero-order valence-corrected chi connectivity index (χ0v) is 17.2. The van der Waals surface area contributed by atoms with Crippen LogP contribution < -0.4 is 11.1 Å². The first-order valence-electron chi connectivity index (χ1n) is 9.85. The van der Waals surface area contributed by atoms with Gasteiger partial charge in [-0.05, 0) is 37.6 Å². The molecule has 2 atom stereocenters. The molecule has 2 aliphatic rings. The van der Waals surface area contributed by atoms with Crippen LogP contribution in [-0.4, -0.2) is 57.4 Å². The molecule has 0 radical (unpaired) electrons. The predicted octanol–water partition coefficient (Wildman–Crippen LogP) is 1.65. The molecule has 0 aliphatic carbocycles. The Kier molecular flexibility index (Phi) is 5.20. The summed E-state index contributed by atoms with van der Waals surface area (Å²) in [7, 11) is 1.55. The van der Waals surface area contributed by atoms with E-state index in [2.05, 4.69) is 10.4 Å². The number of urea groups is 1. The fourth-order valence-electron chi connectivity index (χ4n) is 3.92. The molecule has 0 fully saturated rings. The lowest BCUT2D eigenvalue weighted by atomic mass is 9.99. The van der Waals surface area contributed by atoms with Gasteiger partial charge in [0.15, 0.2) is 0 Å². The number of fused-ring (bicyclic) bond motifs is 3. The minimum Gasteiger partial charge on any atom is -0.328 e. The van der Waals surface area contributed by atoms with Gasteiger partial charge in [-0.3, -0.25) is 14.3 Å². The lowest BCUT2D eigenvalue weighted by Crippen LogP contribution is -2.45. The summed E-state index contributed by atoms with van der Waals surface area (Å²) in [5, 5.41) is 8.62. The van der Waals surface area contributed by atoms with E-state index in [1.54, 1.807) is 29.6 Å². The highest BCUT2D eigenvalue weighted by atomic mass is 19.1. The third kappa shape index (κ3) is 3.52. The number of hydrogen-bond donors (Lipinski definition) is 2. The number of hydrogen-bond acceptors (Lipinski definition) is 5. The van der Waals surface area contributed by atoms with Crippen LogP contribution in [0.15, 0.2) is 18.2 Å². The number of carbonyl (C=O) groups excluding carboxylic acids is 2. The van der Waals surface area contributed by atoms with Crippen molar-refractivity contribution in [3.63, 3.8) is 0 Å². The molecule has 1 aromatic carbocycles. The average Bonchev–Trinajstić information content (AvgIpc) is 2.99. The summed E-state index contributed by atoms with van der Waals surface area (Å²) in [6.07, 6.45) is 0.163. The molecule has 3 amide bonds. The number of carbonyl (C=O) groups is 2. The van der Waals surface area contributed by atoms with Gasteiger partial charge in [0.1, 0.15) is 17.6 Å². The highest BCUT2D eigenvalue weighted by Gasteiger charge is 2.37. The fourth-order valence-corrected chi connectivity index (χ4v) is 3.92. The smallest absolute Gasteiger partial charge is 0.322 e. The van der Waals surface area contributed by atoms with Crippen LogP contribution in [0.2, 0.25) is 0 Å². The van der Waals surface area contributed by atoms with Crippen LogP contribution in [0.25, 0.3) is 0 Å². The summed E-state index contributed by atoms with van der Waals surface area (Å²) in [6, 6.07) is 4.00. The minimum atomic E-state index is -0.361. The van der Waals surface area contributed by atoms with Crippen molar-refractivity contribution < 1.29 is 18.8 Å². The second-order valence-corrected chi connectivity index (χ2v) is 7.80. The second-order valence-electron chi connectivity index (χ2n) is 7.80. The highest BCUT2D eigenvalue weighted by molar-refractivity contribution is 5.94. The topological polar surface area (TPSA) is 106 Å². The molecule has 4 rings (SSSR count). The summed E-state index contributed by atoms with van der Waals surface area (Å²) in [6.45, 7) is 4.43.